The van der Waals surface area contributed by atoms with Crippen molar-refractivity contribution in [1.82, 2.24) is 9.80 Å². The van der Waals surface area contributed by atoms with Gasteiger partial charge in [0.25, 0.3) is 0 Å². The maximum absolute atomic E-state index is 11.6. The van der Waals surface area contributed by atoms with Crippen molar-refractivity contribution in [3.05, 3.63) is 35.9 Å². The van der Waals surface area contributed by atoms with Gasteiger partial charge in [-0.05, 0) is 33.1 Å². The summed E-state index contributed by atoms with van der Waals surface area (Å²) in [5.74, 6) is -0.793. The first-order chi connectivity index (χ1) is 8.97. The SMILES string of the molecule is CCN(C(C)CN(C)C)C(C(=O)O)c1ccccc1. The number of nitrogens with zero attached hydrogens (tertiary/aromatic N) is 2. The Morgan fingerprint density at radius 1 is 1.26 bits per heavy atom. The minimum Gasteiger partial charge on any atom is -0.480 e. The second-order valence-corrected chi connectivity index (χ2v) is 5.09. The topological polar surface area (TPSA) is 43.8 Å². The summed E-state index contributed by atoms with van der Waals surface area (Å²) in [6.45, 7) is 5.62. The molecular weight excluding hydrogens is 240 g/mol. The zero-order valence-electron chi connectivity index (χ0n) is 12.2. The number of carboxylic acid groups (broad SMARTS) is 1. The first kappa shape index (κ1) is 15.7. The largest absolute Gasteiger partial charge is 0.480 e. The molecule has 1 aromatic carbocycles. The molecule has 1 N–H and O–H groups in total. The second kappa shape index (κ2) is 7.26. The number of likely N-dealkylation sites (N-methyl/N-ethyl adjacent to an activating group) is 2. The molecule has 0 aliphatic rings. The van der Waals surface area contributed by atoms with E-state index >= 15 is 0 Å². The molecule has 106 valence electrons. The number of aliphatic carboxylic acids is 1. The van der Waals surface area contributed by atoms with E-state index in [0.29, 0.717) is 6.54 Å². The smallest absolute Gasteiger partial charge is 0.325 e. The molecule has 0 aliphatic carbocycles. The molecule has 19 heavy (non-hydrogen) atoms. The highest BCUT2D eigenvalue weighted by Gasteiger charge is 2.29. The second-order valence-electron chi connectivity index (χ2n) is 5.09. The lowest BCUT2D eigenvalue weighted by atomic mass is 10.0. The van der Waals surface area contributed by atoms with Gasteiger partial charge in [-0.25, -0.2) is 0 Å². The average molecular weight is 264 g/mol. The van der Waals surface area contributed by atoms with E-state index in [-0.39, 0.29) is 6.04 Å². The van der Waals surface area contributed by atoms with Crippen LogP contribution in [0.1, 0.15) is 25.5 Å². The molecule has 1 rings (SSSR count). The molecule has 0 heterocycles. The summed E-state index contributed by atoms with van der Waals surface area (Å²) in [6.07, 6.45) is 0. The Hall–Kier alpha value is -1.39. The molecule has 0 saturated carbocycles. The van der Waals surface area contributed by atoms with Gasteiger partial charge in [0, 0.05) is 12.6 Å². The summed E-state index contributed by atoms with van der Waals surface area (Å²) in [4.78, 5) is 15.7. The van der Waals surface area contributed by atoms with Gasteiger partial charge in [0.15, 0.2) is 0 Å². The van der Waals surface area contributed by atoms with E-state index in [4.69, 9.17) is 0 Å². The maximum atomic E-state index is 11.6. The van der Waals surface area contributed by atoms with E-state index < -0.39 is 12.0 Å². The van der Waals surface area contributed by atoms with Crippen LogP contribution < -0.4 is 0 Å². The van der Waals surface area contributed by atoms with E-state index in [1.807, 2.05) is 56.3 Å². The standard InChI is InChI=1S/C15H24N2O2/c1-5-17(12(2)11-16(3)4)14(15(18)19)13-9-7-6-8-10-13/h6-10,12,14H,5,11H2,1-4H3,(H,18,19). The third kappa shape index (κ3) is 4.33. The fraction of sp³-hybridized carbons (Fsp3) is 0.533. The van der Waals surface area contributed by atoms with Crippen molar-refractivity contribution in [2.24, 2.45) is 0 Å². The predicted molar refractivity (Wildman–Crippen MR) is 77.2 cm³/mol. The normalized spacial score (nSPS) is 14.6. The van der Waals surface area contributed by atoms with Crippen molar-refractivity contribution in [2.45, 2.75) is 25.9 Å². The first-order valence-electron chi connectivity index (χ1n) is 6.65. The lowest BCUT2D eigenvalue weighted by Crippen LogP contribution is -2.44. The first-order valence-corrected chi connectivity index (χ1v) is 6.65. The summed E-state index contributed by atoms with van der Waals surface area (Å²) < 4.78 is 0. The van der Waals surface area contributed by atoms with E-state index in [1.165, 1.54) is 0 Å². The van der Waals surface area contributed by atoms with Crippen LogP contribution in [0.3, 0.4) is 0 Å². The Balaban J connectivity index is 2.99. The molecule has 0 aromatic heterocycles. The molecule has 0 saturated heterocycles. The third-order valence-electron chi connectivity index (χ3n) is 3.24. The van der Waals surface area contributed by atoms with Gasteiger partial charge >= 0.3 is 5.97 Å². The predicted octanol–water partition coefficient (Wildman–Crippen LogP) is 2.08. The van der Waals surface area contributed by atoms with Gasteiger partial charge in [-0.15, -0.1) is 0 Å². The van der Waals surface area contributed by atoms with Crippen LogP contribution in [0.4, 0.5) is 0 Å². The number of benzene rings is 1. The van der Waals surface area contributed by atoms with Crippen molar-refractivity contribution >= 4 is 5.97 Å². The molecular formula is C15H24N2O2. The third-order valence-corrected chi connectivity index (χ3v) is 3.24. The summed E-state index contributed by atoms with van der Waals surface area (Å²) in [7, 11) is 4.01. The Morgan fingerprint density at radius 2 is 1.84 bits per heavy atom. The van der Waals surface area contributed by atoms with E-state index in [2.05, 4.69) is 11.8 Å². The quantitative estimate of drug-likeness (QED) is 0.819. The minimum atomic E-state index is -0.793. The van der Waals surface area contributed by atoms with Gasteiger partial charge in [0.2, 0.25) is 0 Å². The number of hydrogen-bond donors (Lipinski definition) is 1. The van der Waals surface area contributed by atoms with Crippen LogP contribution in [0.25, 0.3) is 0 Å². The van der Waals surface area contributed by atoms with Crippen molar-refractivity contribution in [3.8, 4) is 0 Å². The molecule has 2 unspecified atom stereocenters. The maximum Gasteiger partial charge on any atom is 0.325 e. The van der Waals surface area contributed by atoms with E-state index in [1.54, 1.807) is 0 Å². The average Bonchev–Trinajstić information content (AvgIpc) is 2.35. The highest BCUT2D eigenvalue weighted by atomic mass is 16.4. The van der Waals surface area contributed by atoms with Gasteiger partial charge in [0.05, 0.1) is 0 Å². The van der Waals surface area contributed by atoms with Crippen LogP contribution in [0.5, 0.6) is 0 Å². The van der Waals surface area contributed by atoms with Crippen molar-refractivity contribution < 1.29 is 9.90 Å². The molecule has 0 amide bonds. The van der Waals surface area contributed by atoms with E-state index in [9.17, 15) is 9.90 Å². The summed E-state index contributed by atoms with van der Waals surface area (Å²) >= 11 is 0. The molecule has 1 aromatic rings. The summed E-state index contributed by atoms with van der Waals surface area (Å²) in [6, 6.07) is 9.03. The van der Waals surface area contributed by atoms with Gasteiger partial charge < -0.3 is 10.0 Å². The zero-order valence-corrected chi connectivity index (χ0v) is 12.2. The lowest BCUT2D eigenvalue weighted by Gasteiger charge is -2.34. The Morgan fingerprint density at radius 3 is 2.26 bits per heavy atom. The monoisotopic (exact) mass is 264 g/mol. The van der Waals surface area contributed by atoms with Crippen LogP contribution >= 0.6 is 0 Å². The van der Waals surface area contributed by atoms with Crippen LogP contribution in [0.2, 0.25) is 0 Å². The molecule has 4 nitrogen and oxygen atoms in total. The summed E-state index contributed by atoms with van der Waals surface area (Å²) in [5, 5.41) is 9.56. The molecule has 0 fully saturated rings. The fourth-order valence-electron chi connectivity index (χ4n) is 2.49. The highest BCUT2D eigenvalue weighted by molar-refractivity contribution is 5.75. The highest BCUT2D eigenvalue weighted by Crippen LogP contribution is 2.23. The number of carboxylic acids is 1. The van der Waals surface area contributed by atoms with Crippen molar-refractivity contribution in [1.29, 1.82) is 0 Å². The van der Waals surface area contributed by atoms with Crippen LogP contribution in [-0.2, 0) is 4.79 Å². The number of rotatable bonds is 7. The Bertz CT molecular complexity index is 392. The molecule has 4 heteroatoms. The van der Waals surface area contributed by atoms with Gasteiger partial charge in [-0.3, -0.25) is 9.69 Å². The zero-order chi connectivity index (χ0) is 14.4. The van der Waals surface area contributed by atoms with Crippen LogP contribution in [0.15, 0.2) is 30.3 Å². The van der Waals surface area contributed by atoms with Crippen molar-refractivity contribution in [3.63, 3.8) is 0 Å². The molecule has 0 radical (unpaired) electrons. The van der Waals surface area contributed by atoms with Gasteiger partial charge in [-0.1, -0.05) is 37.3 Å². The molecule has 0 bridgehead atoms. The molecule has 0 aliphatic heterocycles. The van der Waals surface area contributed by atoms with E-state index in [0.717, 1.165) is 12.1 Å². The lowest BCUT2D eigenvalue weighted by molar-refractivity contribution is -0.144. The van der Waals surface area contributed by atoms with Gasteiger partial charge in [-0.2, -0.15) is 0 Å². The van der Waals surface area contributed by atoms with Gasteiger partial charge in [0.1, 0.15) is 6.04 Å². The molecule has 0 spiro atoms. The Kier molecular flexibility index (Phi) is 5.99. The fourth-order valence-corrected chi connectivity index (χ4v) is 2.49. The van der Waals surface area contributed by atoms with Crippen molar-refractivity contribution in [2.75, 3.05) is 27.2 Å². The number of hydrogen-bond acceptors (Lipinski definition) is 3. The Labute approximate surface area is 115 Å². The number of carbonyl (C=O) groups is 1. The molecule has 2 atom stereocenters. The van der Waals surface area contributed by atoms with Crippen LogP contribution in [-0.4, -0.2) is 54.1 Å². The minimum absolute atomic E-state index is 0.182. The van der Waals surface area contributed by atoms with Crippen LogP contribution in [0, 0.1) is 0 Å². The summed E-state index contributed by atoms with van der Waals surface area (Å²) in [5.41, 5.74) is 0.836.